The van der Waals surface area contributed by atoms with E-state index in [9.17, 15) is 5.11 Å². The van der Waals surface area contributed by atoms with Crippen molar-refractivity contribution in [2.24, 2.45) is 5.41 Å². The van der Waals surface area contributed by atoms with Gasteiger partial charge in [-0.05, 0) is 18.6 Å². The molecule has 2 fully saturated rings. The van der Waals surface area contributed by atoms with Crippen LogP contribution in [0, 0.1) is 5.41 Å². The standard InChI is InChI=1S/C10H19NOS/c1-10(2)8(5-9(10)12)11-7-3-4-13-6-7/h7-9,11-12H,3-6H2,1-2H3. The number of hydrogen-bond acceptors (Lipinski definition) is 3. The van der Waals surface area contributed by atoms with Crippen molar-refractivity contribution in [3.63, 3.8) is 0 Å². The summed E-state index contributed by atoms with van der Waals surface area (Å²) in [6.07, 6.45) is 2.14. The zero-order valence-corrected chi connectivity index (χ0v) is 9.23. The molecule has 0 bridgehead atoms. The predicted molar refractivity (Wildman–Crippen MR) is 57.1 cm³/mol. The molecule has 0 aromatic rings. The van der Waals surface area contributed by atoms with Crippen LogP contribution in [0.1, 0.15) is 26.7 Å². The van der Waals surface area contributed by atoms with Crippen molar-refractivity contribution < 1.29 is 5.11 Å². The van der Waals surface area contributed by atoms with Gasteiger partial charge in [0.15, 0.2) is 0 Å². The maximum Gasteiger partial charge on any atom is 0.0621 e. The van der Waals surface area contributed by atoms with Gasteiger partial charge >= 0.3 is 0 Å². The molecule has 13 heavy (non-hydrogen) atoms. The van der Waals surface area contributed by atoms with E-state index >= 15 is 0 Å². The van der Waals surface area contributed by atoms with E-state index in [1.165, 1.54) is 17.9 Å². The van der Waals surface area contributed by atoms with E-state index in [1.807, 2.05) is 11.8 Å². The second-order valence-corrected chi connectivity index (χ2v) is 6.00. The number of aliphatic hydroxyl groups excluding tert-OH is 1. The summed E-state index contributed by atoms with van der Waals surface area (Å²) >= 11 is 2.03. The van der Waals surface area contributed by atoms with Crippen LogP contribution in [0.5, 0.6) is 0 Å². The van der Waals surface area contributed by atoms with Crippen molar-refractivity contribution in [2.45, 2.75) is 44.9 Å². The average Bonchev–Trinajstić information content (AvgIpc) is 2.56. The Bertz CT molecular complexity index is 189. The minimum atomic E-state index is -0.0981. The van der Waals surface area contributed by atoms with Gasteiger partial charge in [-0.25, -0.2) is 0 Å². The molecule has 0 spiro atoms. The van der Waals surface area contributed by atoms with Gasteiger partial charge < -0.3 is 10.4 Å². The third kappa shape index (κ3) is 1.74. The largest absolute Gasteiger partial charge is 0.392 e. The molecular weight excluding hydrogens is 182 g/mol. The molecule has 2 N–H and O–H groups in total. The SMILES string of the molecule is CC1(C)C(O)CC1NC1CCSC1. The smallest absolute Gasteiger partial charge is 0.0621 e. The quantitative estimate of drug-likeness (QED) is 0.705. The number of hydrogen-bond donors (Lipinski definition) is 2. The second-order valence-electron chi connectivity index (χ2n) is 4.85. The van der Waals surface area contributed by atoms with Crippen LogP contribution in [-0.4, -0.2) is 34.8 Å². The maximum absolute atomic E-state index is 9.57. The lowest BCUT2D eigenvalue weighted by molar-refractivity contribution is -0.0750. The lowest BCUT2D eigenvalue weighted by Crippen LogP contribution is -2.62. The summed E-state index contributed by atoms with van der Waals surface area (Å²) in [6.45, 7) is 4.31. The highest BCUT2D eigenvalue weighted by Gasteiger charge is 2.47. The Labute approximate surface area is 84.5 Å². The molecule has 3 atom stereocenters. The van der Waals surface area contributed by atoms with Crippen LogP contribution in [-0.2, 0) is 0 Å². The molecule has 2 rings (SSSR count). The highest BCUT2D eigenvalue weighted by atomic mass is 32.2. The normalized spacial score (nSPS) is 43.2. The van der Waals surface area contributed by atoms with E-state index < -0.39 is 0 Å². The maximum atomic E-state index is 9.57. The summed E-state index contributed by atoms with van der Waals surface area (Å²) in [7, 11) is 0. The van der Waals surface area contributed by atoms with Crippen molar-refractivity contribution in [1.82, 2.24) is 5.32 Å². The van der Waals surface area contributed by atoms with Crippen molar-refractivity contribution in [1.29, 1.82) is 0 Å². The van der Waals surface area contributed by atoms with Crippen LogP contribution in [0.4, 0.5) is 0 Å². The zero-order valence-electron chi connectivity index (χ0n) is 8.42. The van der Waals surface area contributed by atoms with Gasteiger partial charge in [0.2, 0.25) is 0 Å². The van der Waals surface area contributed by atoms with E-state index in [0.717, 1.165) is 6.42 Å². The lowest BCUT2D eigenvalue weighted by Gasteiger charge is -2.50. The van der Waals surface area contributed by atoms with Crippen LogP contribution in [0.15, 0.2) is 0 Å². The predicted octanol–water partition coefficient (Wildman–Crippen LogP) is 1.24. The number of nitrogens with one attached hydrogen (secondary N) is 1. The third-order valence-electron chi connectivity index (χ3n) is 3.58. The molecule has 0 amide bonds. The first kappa shape index (κ1) is 9.81. The molecule has 2 aliphatic rings. The van der Waals surface area contributed by atoms with Crippen LogP contribution in [0.3, 0.4) is 0 Å². The first-order chi connectivity index (χ1) is 6.10. The van der Waals surface area contributed by atoms with Crippen molar-refractivity contribution in [3.05, 3.63) is 0 Å². The highest BCUT2D eigenvalue weighted by molar-refractivity contribution is 7.99. The molecule has 1 aliphatic carbocycles. The molecule has 1 heterocycles. The Morgan fingerprint density at radius 3 is 2.69 bits per heavy atom. The van der Waals surface area contributed by atoms with Gasteiger partial charge in [-0.1, -0.05) is 13.8 Å². The van der Waals surface area contributed by atoms with E-state index in [0.29, 0.717) is 12.1 Å². The lowest BCUT2D eigenvalue weighted by atomic mass is 9.64. The van der Waals surface area contributed by atoms with Gasteiger partial charge in [-0.3, -0.25) is 0 Å². The molecular formula is C10H19NOS. The number of thioether (sulfide) groups is 1. The van der Waals surface area contributed by atoms with Gasteiger partial charge in [0.05, 0.1) is 6.10 Å². The molecule has 0 aromatic carbocycles. The monoisotopic (exact) mass is 201 g/mol. The zero-order chi connectivity index (χ0) is 9.47. The Hall–Kier alpha value is 0.270. The van der Waals surface area contributed by atoms with Gasteiger partial charge in [0, 0.05) is 23.3 Å². The first-order valence-corrected chi connectivity index (χ1v) is 6.28. The molecule has 1 saturated carbocycles. The van der Waals surface area contributed by atoms with E-state index in [1.54, 1.807) is 0 Å². The van der Waals surface area contributed by atoms with Crippen LogP contribution in [0.2, 0.25) is 0 Å². The third-order valence-corrected chi connectivity index (χ3v) is 4.74. The van der Waals surface area contributed by atoms with Gasteiger partial charge in [0.1, 0.15) is 0 Å². The Kier molecular flexibility index (Phi) is 2.60. The Morgan fingerprint density at radius 1 is 1.46 bits per heavy atom. The van der Waals surface area contributed by atoms with Crippen molar-refractivity contribution >= 4 is 11.8 Å². The molecule has 2 nitrogen and oxygen atoms in total. The van der Waals surface area contributed by atoms with Crippen LogP contribution in [0.25, 0.3) is 0 Å². The Morgan fingerprint density at radius 2 is 2.23 bits per heavy atom. The summed E-state index contributed by atoms with van der Waals surface area (Å²) in [5, 5.41) is 13.2. The summed E-state index contributed by atoms with van der Waals surface area (Å²) < 4.78 is 0. The van der Waals surface area contributed by atoms with Gasteiger partial charge in [-0.2, -0.15) is 11.8 Å². The van der Waals surface area contributed by atoms with Crippen LogP contribution < -0.4 is 5.32 Å². The summed E-state index contributed by atoms with van der Waals surface area (Å²) in [5.74, 6) is 2.55. The fourth-order valence-corrected chi connectivity index (χ4v) is 3.30. The second kappa shape index (κ2) is 3.44. The van der Waals surface area contributed by atoms with E-state index in [4.69, 9.17) is 0 Å². The highest BCUT2D eigenvalue weighted by Crippen LogP contribution is 2.41. The fourth-order valence-electron chi connectivity index (χ4n) is 2.14. The van der Waals surface area contributed by atoms with E-state index in [-0.39, 0.29) is 11.5 Å². The van der Waals surface area contributed by atoms with E-state index in [2.05, 4.69) is 19.2 Å². The van der Waals surface area contributed by atoms with Crippen molar-refractivity contribution in [2.75, 3.05) is 11.5 Å². The minimum Gasteiger partial charge on any atom is -0.392 e. The van der Waals surface area contributed by atoms with Gasteiger partial charge in [0.25, 0.3) is 0 Å². The Balaban J connectivity index is 1.83. The van der Waals surface area contributed by atoms with Crippen LogP contribution >= 0.6 is 11.8 Å². The number of rotatable bonds is 2. The number of aliphatic hydroxyl groups is 1. The van der Waals surface area contributed by atoms with Crippen molar-refractivity contribution in [3.8, 4) is 0 Å². The van der Waals surface area contributed by atoms with Gasteiger partial charge in [-0.15, -0.1) is 0 Å². The minimum absolute atomic E-state index is 0.0905. The summed E-state index contributed by atoms with van der Waals surface area (Å²) in [5.41, 5.74) is 0.0905. The summed E-state index contributed by atoms with van der Waals surface area (Å²) in [4.78, 5) is 0. The molecule has 0 radical (unpaired) electrons. The molecule has 1 aliphatic heterocycles. The average molecular weight is 201 g/mol. The molecule has 76 valence electrons. The fraction of sp³-hybridized carbons (Fsp3) is 1.00. The first-order valence-electron chi connectivity index (χ1n) is 5.12. The summed E-state index contributed by atoms with van der Waals surface area (Å²) in [6, 6.07) is 1.23. The molecule has 0 aromatic heterocycles. The molecule has 3 heteroatoms. The molecule has 3 unspecified atom stereocenters. The molecule has 1 saturated heterocycles. The topological polar surface area (TPSA) is 32.3 Å².